The Morgan fingerprint density at radius 3 is 2.79 bits per heavy atom. The number of carbonyl (C=O) groups is 1. The molecule has 0 aliphatic carbocycles. The van der Waals surface area contributed by atoms with Crippen molar-refractivity contribution in [1.29, 1.82) is 0 Å². The first kappa shape index (κ1) is 12.3. The summed E-state index contributed by atoms with van der Waals surface area (Å²) in [4.78, 5) is 10.7. The third-order valence-electron chi connectivity index (χ3n) is 3.30. The Bertz CT molecular complexity index is 496. The fourth-order valence-electron chi connectivity index (χ4n) is 2.53. The molecule has 0 saturated carbocycles. The van der Waals surface area contributed by atoms with Gasteiger partial charge in [0, 0.05) is 12.1 Å². The number of nitrogens with one attached hydrogen (secondary N) is 1. The molecule has 19 heavy (non-hydrogen) atoms. The Balaban J connectivity index is 2.02. The van der Waals surface area contributed by atoms with Gasteiger partial charge in [-0.05, 0) is 24.6 Å². The van der Waals surface area contributed by atoms with Crippen molar-refractivity contribution in [3.05, 3.63) is 23.8 Å². The molecule has 1 spiro atoms. The summed E-state index contributed by atoms with van der Waals surface area (Å²) < 4.78 is 17.2. The van der Waals surface area contributed by atoms with Crippen LogP contribution in [0.3, 0.4) is 0 Å². The Morgan fingerprint density at radius 2 is 2.05 bits per heavy atom. The van der Waals surface area contributed by atoms with Crippen molar-refractivity contribution in [2.75, 3.05) is 25.1 Å². The second-order valence-electron chi connectivity index (χ2n) is 4.54. The minimum atomic E-state index is -1.10. The third kappa shape index (κ3) is 2.24. The standard InChI is InChI=1S/C13H15NO5/c15-12(16)14-9-2-3-11-10(8-9)13(4-1-5-17-11)18-6-7-19-13/h2-3,8,14H,1,4-7H2,(H,15,16). The van der Waals surface area contributed by atoms with Crippen LogP contribution in [0.15, 0.2) is 18.2 Å². The van der Waals surface area contributed by atoms with Crippen LogP contribution >= 0.6 is 0 Å². The van der Waals surface area contributed by atoms with Crippen LogP contribution in [-0.2, 0) is 15.3 Å². The van der Waals surface area contributed by atoms with E-state index in [9.17, 15) is 4.79 Å². The van der Waals surface area contributed by atoms with E-state index in [1.165, 1.54) is 0 Å². The number of amides is 1. The summed E-state index contributed by atoms with van der Waals surface area (Å²) in [6.07, 6.45) is 0.434. The molecule has 1 amide bonds. The molecule has 0 unspecified atom stereocenters. The topological polar surface area (TPSA) is 77.0 Å². The second-order valence-corrected chi connectivity index (χ2v) is 4.54. The molecular formula is C13H15NO5. The number of hydrogen-bond acceptors (Lipinski definition) is 4. The minimum absolute atomic E-state index is 0.482. The lowest BCUT2D eigenvalue weighted by Gasteiger charge is -2.27. The van der Waals surface area contributed by atoms with Gasteiger partial charge >= 0.3 is 6.09 Å². The fourth-order valence-corrected chi connectivity index (χ4v) is 2.53. The molecule has 1 aromatic rings. The van der Waals surface area contributed by atoms with Crippen molar-refractivity contribution in [1.82, 2.24) is 0 Å². The van der Waals surface area contributed by atoms with Gasteiger partial charge in [0.05, 0.1) is 25.4 Å². The van der Waals surface area contributed by atoms with Crippen molar-refractivity contribution >= 4 is 11.8 Å². The predicted octanol–water partition coefficient (Wildman–Crippen LogP) is 2.15. The molecule has 0 bridgehead atoms. The molecule has 6 nitrogen and oxygen atoms in total. The number of fused-ring (bicyclic) bond motifs is 2. The van der Waals surface area contributed by atoms with Gasteiger partial charge in [-0.15, -0.1) is 0 Å². The maximum absolute atomic E-state index is 10.7. The van der Waals surface area contributed by atoms with Gasteiger partial charge in [0.1, 0.15) is 5.75 Å². The van der Waals surface area contributed by atoms with Crippen LogP contribution in [0.5, 0.6) is 5.75 Å². The Morgan fingerprint density at radius 1 is 1.26 bits per heavy atom. The van der Waals surface area contributed by atoms with Gasteiger partial charge in [-0.1, -0.05) is 0 Å². The van der Waals surface area contributed by atoms with E-state index < -0.39 is 11.9 Å². The normalized spacial score (nSPS) is 20.4. The number of benzene rings is 1. The number of hydrogen-bond donors (Lipinski definition) is 2. The third-order valence-corrected chi connectivity index (χ3v) is 3.30. The molecule has 102 valence electrons. The van der Waals surface area contributed by atoms with Gasteiger partial charge in [-0.25, -0.2) is 4.79 Å². The summed E-state index contributed by atoms with van der Waals surface area (Å²) in [6.45, 7) is 1.68. The first-order valence-corrected chi connectivity index (χ1v) is 6.25. The lowest BCUT2D eigenvalue weighted by atomic mass is 10.00. The summed E-state index contributed by atoms with van der Waals surface area (Å²) in [5.74, 6) is -0.0995. The average Bonchev–Trinajstić information content (AvgIpc) is 2.77. The Kier molecular flexibility index (Phi) is 3.04. The lowest BCUT2D eigenvalue weighted by molar-refractivity contribution is -0.169. The zero-order chi connectivity index (χ0) is 13.3. The maximum atomic E-state index is 10.7. The number of rotatable bonds is 1. The van der Waals surface area contributed by atoms with Crippen LogP contribution in [0.2, 0.25) is 0 Å². The molecule has 0 aromatic heterocycles. The van der Waals surface area contributed by atoms with Crippen molar-refractivity contribution in [2.45, 2.75) is 18.6 Å². The predicted molar refractivity (Wildman–Crippen MR) is 66.4 cm³/mol. The van der Waals surface area contributed by atoms with Gasteiger partial charge in [0.25, 0.3) is 0 Å². The highest BCUT2D eigenvalue weighted by Crippen LogP contribution is 2.43. The molecule has 6 heteroatoms. The molecule has 3 rings (SSSR count). The summed E-state index contributed by atoms with van der Waals surface area (Å²) in [6, 6.07) is 5.14. The van der Waals surface area contributed by atoms with Crippen molar-refractivity contribution in [3.8, 4) is 5.75 Å². The van der Waals surface area contributed by atoms with E-state index in [0.29, 0.717) is 37.7 Å². The maximum Gasteiger partial charge on any atom is 0.409 e. The first-order valence-electron chi connectivity index (χ1n) is 6.25. The molecule has 1 fully saturated rings. The molecule has 2 aliphatic heterocycles. The van der Waals surface area contributed by atoms with Crippen molar-refractivity contribution in [2.24, 2.45) is 0 Å². The Labute approximate surface area is 110 Å². The van der Waals surface area contributed by atoms with Gasteiger partial charge in [-0.3, -0.25) is 5.32 Å². The van der Waals surface area contributed by atoms with E-state index in [-0.39, 0.29) is 0 Å². The summed E-state index contributed by atoms with van der Waals surface area (Å²) in [5.41, 5.74) is 1.24. The SMILES string of the molecule is O=C(O)Nc1ccc2c(c1)C1(CCCO2)OCCO1. The van der Waals surface area contributed by atoms with E-state index >= 15 is 0 Å². The van der Waals surface area contributed by atoms with Crippen LogP contribution in [0.4, 0.5) is 10.5 Å². The Hall–Kier alpha value is -1.79. The molecular weight excluding hydrogens is 250 g/mol. The number of anilines is 1. The van der Waals surface area contributed by atoms with E-state index in [2.05, 4.69) is 5.32 Å². The molecule has 2 aliphatic rings. The van der Waals surface area contributed by atoms with Crippen molar-refractivity contribution in [3.63, 3.8) is 0 Å². The van der Waals surface area contributed by atoms with Crippen LogP contribution in [0, 0.1) is 0 Å². The second kappa shape index (κ2) is 4.71. The quantitative estimate of drug-likeness (QED) is 0.813. The fraction of sp³-hybridized carbons (Fsp3) is 0.462. The van der Waals surface area contributed by atoms with Crippen LogP contribution in [0.1, 0.15) is 18.4 Å². The molecule has 0 atom stereocenters. The lowest BCUT2D eigenvalue weighted by Crippen LogP contribution is -2.26. The summed E-state index contributed by atoms with van der Waals surface area (Å²) in [5, 5.41) is 11.1. The largest absolute Gasteiger partial charge is 0.493 e. The van der Waals surface area contributed by atoms with E-state index in [1.54, 1.807) is 18.2 Å². The highest BCUT2D eigenvalue weighted by molar-refractivity contribution is 5.83. The number of carboxylic acid groups (broad SMARTS) is 1. The molecule has 1 saturated heterocycles. The van der Waals surface area contributed by atoms with Crippen LogP contribution in [0.25, 0.3) is 0 Å². The highest BCUT2D eigenvalue weighted by Gasteiger charge is 2.42. The zero-order valence-corrected chi connectivity index (χ0v) is 10.3. The number of ether oxygens (including phenoxy) is 3. The van der Waals surface area contributed by atoms with Gasteiger partial charge in [-0.2, -0.15) is 0 Å². The van der Waals surface area contributed by atoms with Crippen molar-refractivity contribution < 1.29 is 24.1 Å². The zero-order valence-electron chi connectivity index (χ0n) is 10.3. The van der Waals surface area contributed by atoms with Gasteiger partial charge in [0.2, 0.25) is 0 Å². The first-order chi connectivity index (χ1) is 9.20. The molecule has 0 radical (unpaired) electrons. The van der Waals surface area contributed by atoms with Gasteiger partial charge < -0.3 is 19.3 Å². The van der Waals surface area contributed by atoms with E-state index in [1.807, 2.05) is 0 Å². The molecule has 2 heterocycles. The molecule has 2 N–H and O–H groups in total. The summed E-state index contributed by atoms with van der Waals surface area (Å²) >= 11 is 0. The van der Waals surface area contributed by atoms with Gasteiger partial charge in [0.15, 0.2) is 5.79 Å². The van der Waals surface area contributed by atoms with E-state index in [4.69, 9.17) is 19.3 Å². The summed E-state index contributed by atoms with van der Waals surface area (Å²) in [7, 11) is 0. The molecule has 1 aromatic carbocycles. The highest BCUT2D eigenvalue weighted by atomic mass is 16.7. The van der Waals surface area contributed by atoms with E-state index in [0.717, 1.165) is 12.0 Å². The van der Waals surface area contributed by atoms with Crippen LogP contribution < -0.4 is 10.1 Å². The monoisotopic (exact) mass is 265 g/mol. The van der Waals surface area contributed by atoms with Crippen LogP contribution in [-0.4, -0.2) is 31.0 Å². The smallest absolute Gasteiger partial charge is 0.409 e. The minimum Gasteiger partial charge on any atom is -0.493 e. The average molecular weight is 265 g/mol.